The van der Waals surface area contributed by atoms with Crippen LogP contribution in [0.4, 0.5) is 0 Å². The number of aromatic nitrogens is 2. The molecule has 0 aliphatic rings. The van der Waals surface area contributed by atoms with Crippen molar-refractivity contribution in [2.75, 3.05) is 0 Å². The number of hydrogen-bond donors (Lipinski definition) is 0. The van der Waals surface area contributed by atoms with Gasteiger partial charge in [-0.25, -0.2) is 0 Å². The van der Waals surface area contributed by atoms with Gasteiger partial charge >= 0.3 is 126 Å². The first kappa shape index (κ1) is 42.0. The number of fused-ring (bicyclic) bond motifs is 3. The van der Waals surface area contributed by atoms with E-state index in [4.69, 9.17) is 9.40 Å². The first-order chi connectivity index (χ1) is 26.8. The Kier molecular flexibility index (Phi) is 13.2. The van der Waals surface area contributed by atoms with Crippen molar-refractivity contribution in [3.05, 3.63) is 163 Å². The molecule has 8 rings (SSSR count). The van der Waals surface area contributed by atoms with E-state index in [-0.39, 0.29) is 25.5 Å². The maximum Gasteiger partial charge on any atom is 0 e. The zero-order valence-corrected chi connectivity index (χ0v) is 38.9. The van der Waals surface area contributed by atoms with Gasteiger partial charge in [-0.15, -0.1) is 18.2 Å². The van der Waals surface area contributed by atoms with Gasteiger partial charge in [0.15, 0.2) is 0 Å². The molecule has 1 radical (unpaired) electrons. The van der Waals surface area contributed by atoms with Crippen molar-refractivity contribution < 1.29 is 24.5 Å². The van der Waals surface area contributed by atoms with Crippen LogP contribution in [0.25, 0.3) is 66.7 Å². The van der Waals surface area contributed by atoms with E-state index in [0.29, 0.717) is 5.92 Å². The maximum atomic E-state index is 6.46. The Bertz CT molecular complexity index is 2560. The molecule has 3 heterocycles. The summed E-state index contributed by atoms with van der Waals surface area (Å²) in [7, 11) is 0. The fourth-order valence-corrected chi connectivity index (χ4v) is 10.7. The summed E-state index contributed by atoms with van der Waals surface area (Å²) in [5, 5.41) is 2.20. The van der Waals surface area contributed by atoms with Crippen LogP contribution >= 0.6 is 0 Å². The zero-order valence-electron chi connectivity index (χ0n) is 34.4. The summed E-state index contributed by atoms with van der Waals surface area (Å²) in [6.45, 7) is 11.3. The van der Waals surface area contributed by atoms with Gasteiger partial charge in [0.25, 0.3) is 0 Å². The second-order valence-corrected chi connectivity index (χ2v) is 28.1. The summed E-state index contributed by atoms with van der Waals surface area (Å²) < 4.78 is 8.00. The van der Waals surface area contributed by atoms with Crippen molar-refractivity contribution in [3.8, 4) is 44.8 Å². The largest absolute Gasteiger partial charge is 0 e. The van der Waals surface area contributed by atoms with Crippen molar-refractivity contribution in [1.82, 2.24) is 9.97 Å². The predicted octanol–water partition coefficient (Wildman–Crippen LogP) is 13.7. The maximum absolute atomic E-state index is 6.46. The molecule has 0 fully saturated rings. The molecule has 0 atom stereocenters. The first-order valence-electron chi connectivity index (χ1n) is 19.8. The fraction of sp³-hybridized carbons (Fsp3) is 0.231. The van der Waals surface area contributed by atoms with Crippen LogP contribution in [0.15, 0.2) is 144 Å². The number of pyridine rings is 2. The van der Waals surface area contributed by atoms with Crippen molar-refractivity contribution in [2.45, 2.75) is 64.7 Å². The number of furan rings is 1. The molecule has 0 unspecified atom stereocenters. The summed E-state index contributed by atoms with van der Waals surface area (Å²) in [6.07, 6.45) is 6.15. The summed E-state index contributed by atoms with van der Waals surface area (Å²) in [4.78, 5) is 9.37. The van der Waals surface area contributed by atoms with Crippen LogP contribution in [-0.4, -0.2) is 23.2 Å². The van der Waals surface area contributed by atoms with Crippen LogP contribution in [0, 0.1) is 23.5 Å². The van der Waals surface area contributed by atoms with E-state index in [1.54, 1.807) is 4.40 Å². The molecule has 0 amide bonds. The molecule has 0 aliphatic heterocycles. The molecule has 0 saturated carbocycles. The van der Waals surface area contributed by atoms with Gasteiger partial charge in [0.2, 0.25) is 0 Å². The second kappa shape index (κ2) is 17.9. The van der Waals surface area contributed by atoms with Gasteiger partial charge in [-0.05, 0) is 51.9 Å². The van der Waals surface area contributed by atoms with E-state index < -0.39 is 13.3 Å². The molecule has 0 saturated heterocycles. The minimum atomic E-state index is -1.86. The first-order valence-corrected chi connectivity index (χ1v) is 27.1. The number of rotatable bonds is 8. The van der Waals surface area contributed by atoms with E-state index >= 15 is 0 Å². The molecule has 291 valence electrons. The van der Waals surface area contributed by atoms with Gasteiger partial charge in [0, 0.05) is 31.7 Å². The average molecular weight is 986 g/mol. The zero-order chi connectivity index (χ0) is 39.5. The van der Waals surface area contributed by atoms with Gasteiger partial charge in [0.05, 0.1) is 5.58 Å². The number of hydrogen-bond acceptors (Lipinski definition) is 3. The van der Waals surface area contributed by atoms with Gasteiger partial charge in [-0.3, -0.25) is 0 Å². The molecule has 0 N–H and O–H groups in total. The Morgan fingerprint density at radius 2 is 1.35 bits per heavy atom. The van der Waals surface area contributed by atoms with Crippen molar-refractivity contribution in [1.29, 1.82) is 0 Å². The van der Waals surface area contributed by atoms with Crippen molar-refractivity contribution >= 4 is 39.6 Å². The molecule has 3 aromatic heterocycles. The van der Waals surface area contributed by atoms with Crippen LogP contribution in [-0.2, 0) is 32.9 Å². The topological polar surface area (TPSA) is 38.9 Å². The summed E-state index contributed by atoms with van der Waals surface area (Å²) in [6, 6.07) is 51.0. The van der Waals surface area contributed by atoms with E-state index in [2.05, 4.69) is 172 Å². The summed E-state index contributed by atoms with van der Waals surface area (Å²) in [5.41, 5.74) is 13.4. The molecule has 5 heteroatoms. The molecule has 8 aromatic rings. The third-order valence-electron chi connectivity index (χ3n) is 9.98. The second-order valence-electron chi connectivity index (χ2n) is 17.5. The molecule has 0 spiro atoms. The van der Waals surface area contributed by atoms with E-state index in [0.717, 1.165) is 62.9 Å². The summed E-state index contributed by atoms with van der Waals surface area (Å²) in [5.74, 6) is 7.99. The third-order valence-corrected chi connectivity index (χ3v) is 14.3. The SMILES string of the molecule is CC(C)(C)Cc1ccnc(-c2[c-]ccc3c2oc2cc(-c4ccc(-c5ccccc5)cc4)ccc23)c1.CC(C)Cc1cc(-c2[c-]cccc2)nc[c]1[Ge]([CH3])([CH3])[CH3].[Ir]. The molecule has 57 heavy (non-hydrogen) atoms. The molecule has 0 aliphatic carbocycles. The Hall–Kier alpha value is -4.61. The van der Waals surface area contributed by atoms with Crippen LogP contribution < -0.4 is 4.40 Å². The Labute approximate surface area is 355 Å². The Balaban J connectivity index is 0.000000223. The molecular weight excluding hydrogens is 933 g/mol. The van der Waals surface area contributed by atoms with Crippen LogP contribution in [0.2, 0.25) is 17.3 Å². The van der Waals surface area contributed by atoms with Gasteiger partial charge in [-0.1, -0.05) is 110 Å². The standard InChI is InChI=1S/C34H28NO.C18H24GeN.Ir/c1-34(2,3)22-23-18-19-35-31(20-23)30-11-7-10-29-28-17-16-27(21-32(28)36-33(29)30)26-14-12-25(13-15-26)24-8-5-4-6-9-24;1-14(2)11-16-12-18(15-9-7-6-8-10-15)20-13-17(16)19(3,4)5;/h4-10,12-21H,22H2,1-3H3;6-9,12-14H,11H2,1-5H3;/q2*-1;. The number of benzene rings is 5. The minimum absolute atomic E-state index is 0. The van der Waals surface area contributed by atoms with Crippen molar-refractivity contribution in [2.24, 2.45) is 11.3 Å². The molecule has 5 aromatic carbocycles. The molecular formula is C52H52GeIrN2O-2. The van der Waals surface area contributed by atoms with Crippen LogP contribution in [0.5, 0.6) is 0 Å². The fourth-order valence-electron chi connectivity index (χ4n) is 7.41. The normalized spacial score (nSPS) is 11.7. The Morgan fingerprint density at radius 3 is 2.02 bits per heavy atom. The smallest absolute Gasteiger partial charge is 0 e. The van der Waals surface area contributed by atoms with Gasteiger partial charge < -0.3 is 9.40 Å². The van der Waals surface area contributed by atoms with Gasteiger partial charge in [-0.2, -0.15) is 0 Å². The monoisotopic (exact) mass is 987 g/mol. The average Bonchev–Trinajstić information content (AvgIpc) is 3.56. The molecule has 3 nitrogen and oxygen atoms in total. The third kappa shape index (κ3) is 10.3. The van der Waals surface area contributed by atoms with Crippen LogP contribution in [0.3, 0.4) is 0 Å². The van der Waals surface area contributed by atoms with E-state index in [1.165, 1.54) is 27.8 Å². The Morgan fingerprint density at radius 1 is 0.667 bits per heavy atom. The summed E-state index contributed by atoms with van der Waals surface area (Å²) >= 11 is -1.86. The van der Waals surface area contributed by atoms with Gasteiger partial charge in [0.1, 0.15) is 5.58 Å². The quantitative estimate of drug-likeness (QED) is 0.112. The van der Waals surface area contributed by atoms with Crippen LogP contribution in [0.1, 0.15) is 45.7 Å². The predicted molar refractivity (Wildman–Crippen MR) is 240 cm³/mol. The number of nitrogens with zero attached hydrogens (tertiary/aromatic N) is 2. The van der Waals surface area contributed by atoms with E-state index in [1.807, 2.05) is 36.5 Å². The molecule has 0 bridgehead atoms. The van der Waals surface area contributed by atoms with Crippen molar-refractivity contribution in [3.63, 3.8) is 0 Å². The van der Waals surface area contributed by atoms with E-state index in [9.17, 15) is 0 Å². The minimum Gasteiger partial charge on any atom is 0 e.